The first-order valence-corrected chi connectivity index (χ1v) is 6.53. The predicted octanol–water partition coefficient (Wildman–Crippen LogP) is 2.25. The Morgan fingerprint density at radius 1 is 1.28 bits per heavy atom. The Kier molecular flexibility index (Phi) is 3.11. The lowest BCUT2D eigenvalue weighted by Crippen LogP contribution is -2.17. The Morgan fingerprint density at radius 2 is 2.06 bits per heavy atom. The number of hydrogen-bond donors (Lipinski definition) is 1. The highest BCUT2D eigenvalue weighted by Gasteiger charge is 2.27. The molecule has 4 heteroatoms. The number of aromatic nitrogens is 3. The van der Waals surface area contributed by atoms with Gasteiger partial charge in [-0.3, -0.25) is 0 Å². The van der Waals surface area contributed by atoms with Gasteiger partial charge in [0.1, 0.15) is 12.2 Å². The van der Waals surface area contributed by atoms with Crippen LogP contribution >= 0.6 is 0 Å². The van der Waals surface area contributed by atoms with Crippen LogP contribution in [0.3, 0.4) is 0 Å². The van der Waals surface area contributed by atoms with E-state index in [1.165, 1.54) is 18.4 Å². The van der Waals surface area contributed by atoms with Crippen LogP contribution in [-0.2, 0) is 6.42 Å². The largest absolute Gasteiger partial charge is 0.321 e. The number of nitrogens with zero attached hydrogens (tertiary/aromatic N) is 3. The summed E-state index contributed by atoms with van der Waals surface area (Å²) in [5, 5.41) is 8.17. The van der Waals surface area contributed by atoms with Gasteiger partial charge in [0, 0.05) is 6.04 Å². The lowest BCUT2D eigenvalue weighted by molar-refractivity contribution is 0.560. The van der Waals surface area contributed by atoms with Crippen LogP contribution in [0.25, 0.3) is 0 Å². The van der Waals surface area contributed by atoms with Gasteiger partial charge in [-0.05, 0) is 31.2 Å². The van der Waals surface area contributed by atoms with E-state index in [9.17, 15) is 0 Å². The molecule has 1 saturated carbocycles. The van der Waals surface area contributed by atoms with Crippen LogP contribution in [0, 0.1) is 0 Å². The molecule has 1 atom stereocenters. The Bertz CT molecular complexity index is 502. The van der Waals surface area contributed by atoms with Crippen molar-refractivity contribution in [1.29, 1.82) is 0 Å². The van der Waals surface area contributed by atoms with Crippen LogP contribution in [0.15, 0.2) is 36.7 Å². The van der Waals surface area contributed by atoms with Crippen molar-refractivity contribution in [2.24, 2.45) is 5.73 Å². The number of hydrogen-bond acceptors (Lipinski definition) is 3. The quantitative estimate of drug-likeness (QED) is 0.874. The van der Waals surface area contributed by atoms with Crippen LogP contribution in [0.4, 0.5) is 0 Å². The molecule has 1 heterocycles. The molecule has 18 heavy (non-hydrogen) atoms. The van der Waals surface area contributed by atoms with Gasteiger partial charge in [-0.25, -0.2) is 0 Å². The minimum atomic E-state index is -0.0201. The van der Waals surface area contributed by atoms with Crippen molar-refractivity contribution >= 4 is 0 Å². The fourth-order valence-electron chi connectivity index (χ4n) is 2.25. The molecule has 0 bridgehead atoms. The molecule has 94 valence electrons. The second-order valence-corrected chi connectivity index (χ2v) is 4.96. The van der Waals surface area contributed by atoms with Crippen molar-refractivity contribution < 1.29 is 0 Å². The van der Waals surface area contributed by atoms with E-state index in [0.29, 0.717) is 6.04 Å². The monoisotopic (exact) mass is 242 g/mol. The maximum Gasteiger partial charge on any atom is 0.150 e. The van der Waals surface area contributed by atoms with Gasteiger partial charge in [-0.2, -0.15) is 0 Å². The molecule has 1 fully saturated rings. The maximum atomic E-state index is 6.23. The van der Waals surface area contributed by atoms with Crippen molar-refractivity contribution in [1.82, 2.24) is 14.8 Å². The molecule has 0 saturated heterocycles. The fraction of sp³-hybridized carbons (Fsp3) is 0.429. The summed E-state index contributed by atoms with van der Waals surface area (Å²) in [6.07, 6.45) is 6.18. The van der Waals surface area contributed by atoms with E-state index in [4.69, 9.17) is 5.73 Å². The summed E-state index contributed by atoms with van der Waals surface area (Å²) in [6.45, 7) is 0. The van der Waals surface area contributed by atoms with E-state index >= 15 is 0 Å². The summed E-state index contributed by atoms with van der Waals surface area (Å²) in [6, 6.07) is 11.0. The molecule has 3 rings (SSSR count). The SMILES string of the molecule is N[C@@H](CCc1ccccc1)c1nncn1C1CC1. The summed E-state index contributed by atoms with van der Waals surface area (Å²) in [5.74, 6) is 0.938. The molecule has 1 aliphatic carbocycles. The third-order valence-corrected chi connectivity index (χ3v) is 3.46. The normalized spacial score (nSPS) is 16.7. The first-order valence-electron chi connectivity index (χ1n) is 6.53. The highest BCUT2D eigenvalue weighted by Crippen LogP contribution is 2.36. The maximum absolute atomic E-state index is 6.23. The standard InChI is InChI=1S/C14H18N4/c15-13(9-6-11-4-2-1-3-5-11)14-17-16-10-18(14)12-7-8-12/h1-5,10,12-13H,6-9,15H2/t13-/m0/s1. The van der Waals surface area contributed by atoms with E-state index in [1.54, 1.807) is 0 Å². The summed E-state index contributed by atoms with van der Waals surface area (Å²) >= 11 is 0. The zero-order valence-electron chi connectivity index (χ0n) is 10.4. The van der Waals surface area contributed by atoms with E-state index in [-0.39, 0.29) is 6.04 Å². The number of nitrogens with two attached hydrogens (primary N) is 1. The minimum absolute atomic E-state index is 0.0201. The molecule has 0 aliphatic heterocycles. The molecule has 0 spiro atoms. The Morgan fingerprint density at radius 3 is 2.78 bits per heavy atom. The second kappa shape index (κ2) is 4.90. The van der Waals surface area contributed by atoms with Crippen molar-refractivity contribution in [3.8, 4) is 0 Å². The average Bonchev–Trinajstić information content (AvgIpc) is 3.14. The molecule has 0 radical (unpaired) electrons. The highest BCUT2D eigenvalue weighted by atomic mass is 15.3. The molecule has 0 amide bonds. The van der Waals surface area contributed by atoms with Gasteiger partial charge in [0.2, 0.25) is 0 Å². The van der Waals surface area contributed by atoms with Crippen LogP contribution in [-0.4, -0.2) is 14.8 Å². The molecule has 2 aromatic rings. The highest BCUT2D eigenvalue weighted by molar-refractivity contribution is 5.15. The van der Waals surface area contributed by atoms with Crippen molar-refractivity contribution in [2.45, 2.75) is 37.8 Å². The molecular formula is C14H18N4. The predicted molar refractivity (Wildman–Crippen MR) is 70.0 cm³/mol. The zero-order valence-corrected chi connectivity index (χ0v) is 10.4. The van der Waals surface area contributed by atoms with Gasteiger partial charge in [-0.15, -0.1) is 10.2 Å². The van der Waals surface area contributed by atoms with E-state index in [1.807, 2.05) is 12.4 Å². The van der Waals surface area contributed by atoms with Crippen molar-refractivity contribution in [2.75, 3.05) is 0 Å². The molecule has 1 aliphatic rings. The van der Waals surface area contributed by atoms with E-state index in [0.717, 1.165) is 18.7 Å². The van der Waals surface area contributed by atoms with Gasteiger partial charge < -0.3 is 10.3 Å². The number of aryl methyl sites for hydroxylation is 1. The fourth-order valence-corrected chi connectivity index (χ4v) is 2.25. The lowest BCUT2D eigenvalue weighted by atomic mass is 10.1. The van der Waals surface area contributed by atoms with Gasteiger partial charge in [0.15, 0.2) is 0 Å². The van der Waals surface area contributed by atoms with Gasteiger partial charge in [0.25, 0.3) is 0 Å². The molecule has 4 nitrogen and oxygen atoms in total. The lowest BCUT2D eigenvalue weighted by Gasteiger charge is -2.12. The van der Waals surface area contributed by atoms with Crippen LogP contribution < -0.4 is 5.73 Å². The van der Waals surface area contributed by atoms with Crippen molar-refractivity contribution in [3.63, 3.8) is 0 Å². The number of rotatable bonds is 5. The summed E-state index contributed by atoms with van der Waals surface area (Å²) in [4.78, 5) is 0. The van der Waals surface area contributed by atoms with Gasteiger partial charge >= 0.3 is 0 Å². The smallest absolute Gasteiger partial charge is 0.150 e. The molecule has 1 aromatic carbocycles. The third kappa shape index (κ3) is 2.43. The molecule has 0 unspecified atom stereocenters. The Labute approximate surface area is 107 Å². The minimum Gasteiger partial charge on any atom is -0.321 e. The summed E-state index contributed by atoms with van der Waals surface area (Å²) in [7, 11) is 0. The molecule has 1 aromatic heterocycles. The van der Waals surface area contributed by atoms with Crippen LogP contribution in [0.2, 0.25) is 0 Å². The first-order chi connectivity index (χ1) is 8.84. The van der Waals surface area contributed by atoms with Crippen LogP contribution in [0.1, 0.15) is 42.7 Å². The Balaban J connectivity index is 1.64. The average molecular weight is 242 g/mol. The topological polar surface area (TPSA) is 56.7 Å². The molecule has 2 N–H and O–H groups in total. The zero-order chi connectivity index (χ0) is 12.4. The van der Waals surface area contributed by atoms with Crippen LogP contribution in [0.5, 0.6) is 0 Å². The van der Waals surface area contributed by atoms with Gasteiger partial charge in [0.05, 0.1) is 6.04 Å². The van der Waals surface area contributed by atoms with E-state index in [2.05, 4.69) is 39.0 Å². The summed E-state index contributed by atoms with van der Waals surface area (Å²) in [5.41, 5.74) is 7.55. The second-order valence-electron chi connectivity index (χ2n) is 4.96. The molecular weight excluding hydrogens is 224 g/mol. The summed E-state index contributed by atoms with van der Waals surface area (Å²) < 4.78 is 2.15. The van der Waals surface area contributed by atoms with E-state index < -0.39 is 0 Å². The van der Waals surface area contributed by atoms with Crippen molar-refractivity contribution in [3.05, 3.63) is 48.0 Å². The first kappa shape index (κ1) is 11.4. The van der Waals surface area contributed by atoms with Gasteiger partial charge in [-0.1, -0.05) is 30.3 Å². The number of benzene rings is 1. The Hall–Kier alpha value is -1.68. The third-order valence-electron chi connectivity index (χ3n) is 3.46.